The summed E-state index contributed by atoms with van der Waals surface area (Å²) in [6.45, 7) is 9.23. The highest BCUT2D eigenvalue weighted by atomic mass is 15.2. The summed E-state index contributed by atoms with van der Waals surface area (Å²) >= 11 is 0. The van der Waals surface area contributed by atoms with Gasteiger partial charge in [-0.1, -0.05) is 62.7 Å². The quantitative estimate of drug-likeness (QED) is 0.917. The second-order valence-corrected chi connectivity index (χ2v) is 6.18. The van der Waals surface area contributed by atoms with Crippen molar-refractivity contribution in [2.45, 2.75) is 26.3 Å². The SMILES string of the molecule is CCC(C)[C@H](c1cccc2ccccc12)N1CCNCC1. The Morgan fingerprint density at radius 3 is 2.52 bits per heavy atom. The summed E-state index contributed by atoms with van der Waals surface area (Å²) in [4.78, 5) is 2.67. The van der Waals surface area contributed by atoms with Gasteiger partial charge in [-0.2, -0.15) is 0 Å². The molecule has 1 heterocycles. The monoisotopic (exact) mass is 282 g/mol. The molecule has 2 heteroatoms. The highest BCUT2D eigenvalue weighted by Gasteiger charge is 2.27. The molecular weight excluding hydrogens is 256 g/mol. The Labute approximate surface area is 128 Å². The van der Waals surface area contributed by atoms with Crippen molar-refractivity contribution in [1.29, 1.82) is 0 Å². The molecule has 112 valence electrons. The van der Waals surface area contributed by atoms with Gasteiger partial charge >= 0.3 is 0 Å². The molecule has 0 saturated carbocycles. The molecule has 0 bridgehead atoms. The number of piperazine rings is 1. The van der Waals surface area contributed by atoms with Gasteiger partial charge in [0.2, 0.25) is 0 Å². The molecule has 2 aromatic carbocycles. The van der Waals surface area contributed by atoms with Gasteiger partial charge in [0.1, 0.15) is 0 Å². The molecule has 1 unspecified atom stereocenters. The minimum absolute atomic E-state index is 0.531. The van der Waals surface area contributed by atoms with Crippen molar-refractivity contribution in [3.63, 3.8) is 0 Å². The second kappa shape index (κ2) is 6.59. The Bertz CT molecular complexity index is 582. The first-order chi connectivity index (χ1) is 10.3. The molecule has 0 spiro atoms. The number of fused-ring (bicyclic) bond motifs is 1. The molecule has 2 atom stereocenters. The highest BCUT2D eigenvalue weighted by molar-refractivity contribution is 5.86. The number of hydrogen-bond acceptors (Lipinski definition) is 2. The first kappa shape index (κ1) is 14.6. The fraction of sp³-hybridized carbons (Fsp3) is 0.474. The van der Waals surface area contributed by atoms with Crippen LogP contribution < -0.4 is 5.32 Å². The van der Waals surface area contributed by atoms with Crippen molar-refractivity contribution in [1.82, 2.24) is 10.2 Å². The van der Waals surface area contributed by atoms with Gasteiger partial charge in [-0.15, -0.1) is 0 Å². The van der Waals surface area contributed by atoms with Crippen LogP contribution in [-0.4, -0.2) is 31.1 Å². The summed E-state index contributed by atoms with van der Waals surface area (Å²) in [5.41, 5.74) is 1.50. The van der Waals surface area contributed by atoms with Crippen LogP contribution >= 0.6 is 0 Å². The van der Waals surface area contributed by atoms with Gasteiger partial charge in [-0.3, -0.25) is 4.90 Å². The Morgan fingerprint density at radius 1 is 1.05 bits per heavy atom. The van der Waals surface area contributed by atoms with Gasteiger partial charge in [0.15, 0.2) is 0 Å². The van der Waals surface area contributed by atoms with Crippen LogP contribution in [-0.2, 0) is 0 Å². The lowest BCUT2D eigenvalue weighted by atomic mass is 9.87. The van der Waals surface area contributed by atoms with Gasteiger partial charge in [0, 0.05) is 32.2 Å². The van der Waals surface area contributed by atoms with E-state index in [0.29, 0.717) is 12.0 Å². The first-order valence-corrected chi connectivity index (χ1v) is 8.23. The van der Waals surface area contributed by atoms with Gasteiger partial charge in [0.25, 0.3) is 0 Å². The topological polar surface area (TPSA) is 15.3 Å². The van der Waals surface area contributed by atoms with Gasteiger partial charge in [-0.25, -0.2) is 0 Å². The zero-order chi connectivity index (χ0) is 14.7. The third-order valence-electron chi connectivity index (χ3n) is 4.87. The lowest BCUT2D eigenvalue weighted by Crippen LogP contribution is -2.46. The predicted octanol–water partition coefficient (Wildman–Crippen LogP) is 3.83. The van der Waals surface area contributed by atoms with E-state index >= 15 is 0 Å². The molecule has 0 radical (unpaired) electrons. The predicted molar refractivity (Wildman–Crippen MR) is 90.6 cm³/mol. The van der Waals surface area contributed by atoms with Crippen molar-refractivity contribution in [2.24, 2.45) is 5.92 Å². The fourth-order valence-corrected chi connectivity index (χ4v) is 3.56. The maximum Gasteiger partial charge on any atom is 0.0380 e. The molecule has 1 aliphatic rings. The average Bonchev–Trinajstić information content (AvgIpc) is 2.56. The van der Waals surface area contributed by atoms with Crippen LogP contribution in [0.1, 0.15) is 31.9 Å². The minimum Gasteiger partial charge on any atom is -0.314 e. The van der Waals surface area contributed by atoms with E-state index in [1.165, 1.54) is 22.8 Å². The average molecular weight is 282 g/mol. The van der Waals surface area contributed by atoms with Crippen LogP contribution in [0.15, 0.2) is 42.5 Å². The lowest BCUT2D eigenvalue weighted by Gasteiger charge is -2.39. The van der Waals surface area contributed by atoms with E-state index in [1.54, 1.807) is 0 Å². The molecule has 1 N–H and O–H groups in total. The summed E-state index contributed by atoms with van der Waals surface area (Å²) in [7, 11) is 0. The van der Waals surface area contributed by atoms with E-state index in [0.717, 1.165) is 26.2 Å². The molecule has 1 fully saturated rings. The van der Waals surface area contributed by atoms with Crippen LogP contribution in [0.3, 0.4) is 0 Å². The standard InChI is InChI=1S/C19H26N2/c1-3-15(2)19(21-13-11-20-12-14-21)18-10-6-8-16-7-4-5-9-17(16)18/h4-10,15,19-20H,3,11-14H2,1-2H3/t15?,19-/m1/s1. The maximum atomic E-state index is 3.47. The highest BCUT2D eigenvalue weighted by Crippen LogP contribution is 2.35. The van der Waals surface area contributed by atoms with E-state index in [4.69, 9.17) is 0 Å². The van der Waals surface area contributed by atoms with E-state index in [1.807, 2.05) is 0 Å². The Morgan fingerprint density at radius 2 is 1.76 bits per heavy atom. The van der Waals surface area contributed by atoms with Crippen molar-refractivity contribution >= 4 is 10.8 Å². The molecule has 1 aliphatic heterocycles. The molecule has 21 heavy (non-hydrogen) atoms. The van der Waals surface area contributed by atoms with Gasteiger partial charge < -0.3 is 5.32 Å². The number of nitrogens with zero attached hydrogens (tertiary/aromatic N) is 1. The summed E-state index contributed by atoms with van der Waals surface area (Å²) in [6.07, 6.45) is 1.22. The summed E-state index contributed by atoms with van der Waals surface area (Å²) < 4.78 is 0. The normalized spacial score (nSPS) is 19.5. The molecule has 0 aliphatic carbocycles. The third-order valence-corrected chi connectivity index (χ3v) is 4.87. The minimum atomic E-state index is 0.531. The largest absolute Gasteiger partial charge is 0.314 e. The number of hydrogen-bond donors (Lipinski definition) is 1. The zero-order valence-corrected chi connectivity index (χ0v) is 13.2. The molecule has 0 amide bonds. The van der Waals surface area contributed by atoms with Crippen molar-refractivity contribution in [3.8, 4) is 0 Å². The molecule has 1 saturated heterocycles. The molecule has 3 rings (SSSR count). The lowest BCUT2D eigenvalue weighted by molar-refractivity contribution is 0.129. The Kier molecular flexibility index (Phi) is 4.57. The molecule has 0 aromatic heterocycles. The van der Waals surface area contributed by atoms with Crippen LogP contribution in [0.25, 0.3) is 10.8 Å². The molecular formula is C19H26N2. The van der Waals surface area contributed by atoms with Crippen molar-refractivity contribution in [2.75, 3.05) is 26.2 Å². The Balaban J connectivity index is 2.05. The van der Waals surface area contributed by atoms with Gasteiger partial charge in [-0.05, 0) is 22.3 Å². The fourth-order valence-electron chi connectivity index (χ4n) is 3.56. The summed E-state index contributed by atoms with van der Waals surface area (Å²) in [5.74, 6) is 0.675. The van der Waals surface area contributed by atoms with Crippen LogP contribution in [0.4, 0.5) is 0 Å². The number of nitrogens with one attached hydrogen (secondary N) is 1. The van der Waals surface area contributed by atoms with Crippen LogP contribution in [0.5, 0.6) is 0 Å². The smallest absolute Gasteiger partial charge is 0.0380 e. The van der Waals surface area contributed by atoms with Crippen LogP contribution in [0.2, 0.25) is 0 Å². The van der Waals surface area contributed by atoms with Crippen LogP contribution in [0, 0.1) is 5.92 Å². The Hall–Kier alpha value is -1.38. The summed E-state index contributed by atoms with van der Waals surface area (Å²) in [6, 6.07) is 16.1. The van der Waals surface area contributed by atoms with Crippen molar-refractivity contribution < 1.29 is 0 Å². The molecule has 2 aromatic rings. The van der Waals surface area contributed by atoms with Crippen molar-refractivity contribution in [3.05, 3.63) is 48.0 Å². The van der Waals surface area contributed by atoms with E-state index < -0.39 is 0 Å². The van der Waals surface area contributed by atoms with E-state index in [9.17, 15) is 0 Å². The number of benzene rings is 2. The maximum absolute atomic E-state index is 3.47. The molecule has 2 nitrogen and oxygen atoms in total. The number of rotatable bonds is 4. The summed E-state index contributed by atoms with van der Waals surface area (Å²) in [5, 5.41) is 6.25. The van der Waals surface area contributed by atoms with Gasteiger partial charge in [0.05, 0.1) is 0 Å². The second-order valence-electron chi connectivity index (χ2n) is 6.18. The third kappa shape index (κ3) is 2.97. The van der Waals surface area contributed by atoms with E-state index in [2.05, 4.69) is 66.5 Å². The van der Waals surface area contributed by atoms with E-state index in [-0.39, 0.29) is 0 Å². The first-order valence-electron chi connectivity index (χ1n) is 8.23. The zero-order valence-electron chi connectivity index (χ0n) is 13.2.